The molecule has 0 fully saturated rings. The maximum atomic E-state index is 12.6. The standard InChI is InChI=1S/C19H18N2O3S/c1-23-14-5-3-13(4-6-14)21-18(22)9-12-11-25-17-8-7-15(24-2)10-16(17)19(12)20-21/h3-8,10,12H,9,11H2,1-2H3. The number of rotatable bonds is 3. The smallest absolute Gasteiger partial charge is 0.248 e. The van der Waals surface area contributed by atoms with Gasteiger partial charge in [0.2, 0.25) is 5.91 Å². The maximum Gasteiger partial charge on any atom is 0.248 e. The lowest BCUT2D eigenvalue weighted by molar-refractivity contribution is -0.119. The summed E-state index contributed by atoms with van der Waals surface area (Å²) in [7, 11) is 3.28. The molecule has 0 radical (unpaired) electrons. The lowest BCUT2D eigenvalue weighted by atomic mass is 9.92. The topological polar surface area (TPSA) is 51.1 Å². The number of hydrazone groups is 1. The van der Waals surface area contributed by atoms with Crippen LogP contribution in [0.4, 0.5) is 5.69 Å². The first-order valence-electron chi connectivity index (χ1n) is 8.06. The molecule has 1 atom stereocenters. The summed E-state index contributed by atoms with van der Waals surface area (Å²) in [5.74, 6) is 2.59. The number of fused-ring (bicyclic) bond motifs is 3. The van der Waals surface area contributed by atoms with Crippen LogP contribution in [-0.4, -0.2) is 31.6 Å². The van der Waals surface area contributed by atoms with Gasteiger partial charge in [-0.1, -0.05) is 0 Å². The fraction of sp³-hybridized carbons (Fsp3) is 0.263. The van der Waals surface area contributed by atoms with Crippen molar-refractivity contribution in [2.75, 3.05) is 25.0 Å². The van der Waals surface area contributed by atoms with Crippen LogP contribution in [0.25, 0.3) is 0 Å². The summed E-state index contributed by atoms with van der Waals surface area (Å²) in [5, 5.41) is 6.22. The number of anilines is 1. The number of carbonyl (C=O) groups is 1. The van der Waals surface area contributed by atoms with E-state index in [0.29, 0.717) is 6.42 Å². The molecule has 0 aromatic heterocycles. The minimum Gasteiger partial charge on any atom is -0.497 e. The third kappa shape index (κ3) is 2.87. The maximum absolute atomic E-state index is 12.6. The van der Waals surface area contributed by atoms with E-state index in [2.05, 4.69) is 6.07 Å². The zero-order chi connectivity index (χ0) is 17.4. The number of ether oxygens (including phenoxy) is 2. The Balaban J connectivity index is 1.76. The number of amides is 1. The molecule has 2 aromatic rings. The first-order chi connectivity index (χ1) is 12.2. The predicted molar refractivity (Wildman–Crippen MR) is 98.8 cm³/mol. The van der Waals surface area contributed by atoms with E-state index in [0.717, 1.165) is 34.2 Å². The quantitative estimate of drug-likeness (QED) is 0.846. The van der Waals surface area contributed by atoms with Crippen LogP contribution in [0, 0.1) is 5.92 Å². The van der Waals surface area contributed by atoms with Crippen molar-refractivity contribution in [3.8, 4) is 11.5 Å². The molecule has 2 aromatic carbocycles. The Hall–Kier alpha value is -2.47. The SMILES string of the molecule is COc1ccc(N2N=C3c4cc(OC)ccc4SCC3CC2=O)cc1. The molecule has 128 valence electrons. The number of benzene rings is 2. The molecule has 1 amide bonds. The van der Waals surface area contributed by atoms with Crippen LogP contribution in [0.1, 0.15) is 12.0 Å². The van der Waals surface area contributed by atoms with Crippen LogP contribution in [0.3, 0.4) is 0 Å². The Morgan fingerprint density at radius 1 is 1.08 bits per heavy atom. The summed E-state index contributed by atoms with van der Waals surface area (Å²) in [6.07, 6.45) is 0.467. The zero-order valence-corrected chi connectivity index (χ0v) is 14.9. The van der Waals surface area contributed by atoms with Crippen LogP contribution >= 0.6 is 11.8 Å². The van der Waals surface area contributed by atoms with Gasteiger partial charge in [-0.25, -0.2) is 5.01 Å². The van der Waals surface area contributed by atoms with Crippen molar-refractivity contribution in [1.29, 1.82) is 0 Å². The van der Waals surface area contributed by atoms with Gasteiger partial charge in [0.15, 0.2) is 0 Å². The minimum atomic E-state index is 0.0193. The molecule has 5 nitrogen and oxygen atoms in total. The molecule has 25 heavy (non-hydrogen) atoms. The largest absolute Gasteiger partial charge is 0.497 e. The second-order valence-electron chi connectivity index (χ2n) is 5.96. The molecule has 0 saturated heterocycles. The van der Waals surface area contributed by atoms with Crippen LogP contribution in [0.15, 0.2) is 52.5 Å². The van der Waals surface area contributed by atoms with Crippen molar-refractivity contribution in [2.24, 2.45) is 11.0 Å². The first-order valence-corrected chi connectivity index (χ1v) is 9.05. The van der Waals surface area contributed by atoms with Crippen molar-refractivity contribution >= 4 is 29.1 Å². The second-order valence-corrected chi connectivity index (χ2v) is 7.02. The van der Waals surface area contributed by atoms with E-state index in [-0.39, 0.29) is 11.8 Å². The van der Waals surface area contributed by atoms with Crippen LogP contribution < -0.4 is 14.5 Å². The van der Waals surface area contributed by atoms with Gasteiger partial charge in [0.1, 0.15) is 11.5 Å². The first kappa shape index (κ1) is 16.0. The number of carbonyl (C=O) groups excluding carboxylic acids is 1. The highest BCUT2D eigenvalue weighted by molar-refractivity contribution is 7.99. The molecular formula is C19H18N2O3S. The van der Waals surface area contributed by atoms with Crippen molar-refractivity contribution in [2.45, 2.75) is 11.3 Å². The lowest BCUT2D eigenvalue weighted by Gasteiger charge is -2.33. The Bertz CT molecular complexity index is 848. The highest BCUT2D eigenvalue weighted by Crippen LogP contribution is 2.39. The average Bonchev–Trinajstić information content (AvgIpc) is 2.67. The van der Waals surface area contributed by atoms with Gasteiger partial charge in [-0.3, -0.25) is 4.79 Å². The minimum absolute atomic E-state index is 0.0193. The highest BCUT2D eigenvalue weighted by atomic mass is 32.2. The summed E-state index contributed by atoms with van der Waals surface area (Å²) in [6.45, 7) is 0. The Kier molecular flexibility index (Phi) is 4.13. The normalized spacial score (nSPS) is 19.0. The molecule has 1 unspecified atom stereocenters. The second kappa shape index (κ2) is 6.44. The van der Waals surface area contributed by atoms with E-state index in [9.17, 15) is 4.79 Å². The molecule has 6 heteroatoms. The summed E-state index contributed by atoms with van der Waals surface area (Å²) >= 11 is 1.77. The molecule has 0 spiro atoms. The molecule has 0 N–H and O–H groups in total. The fourth-order valence-corrected chi connectivity index (χ4v) is 4.27. The number of nitrogens with zero attached hydrogens (tertiary/aromatic N) is 2. The number of hydrogen-bond acceptors (Lipinski definition) is 5. The van der Waals surface area contributed by atoms with E-state index in [1.54, 1.807) is 26.0 Å². The average molecular weight is 354 g/mol. The third-order valence-corrected chi connectivity index (χ3v) is 5.71. The number of thioether (sulfide) groups is 1. The van der Waals surface area contributed by atoms with Crippen LogP contribution in [0.2, 0.25) is 0 Å². The van der Waals surface area contributed by atoms with Gasteiger partial charge in [0, 0.05) is 28.6 Å². The summed E-state index contributed by atoms with van der Waals surface area (Å²) in [5.41, 5.74) is 2.77. The molecule has 0 bridgehead atoms. The number of methoxy groups -OCH3 is 2. The monoisotopic (exact) mass is 354 g/mol. The molecule has 4 rings (SSSR count). The van der Waals surface area contributed by atoms with Gasteiger partial charge in [0.05, 0.1) is 25.6 Å². The molecular weight excluding hydrogens is 336 g/mol. The Morgan fingerprint density at radius 3 is 2.52 bits per heavy atom. The van der Waals surface area contributed by atoms with E-state index in [4.69, 9.17) is 14.6 Å². The van der Waals surface area contributed by atoms with Gasteiger partial charge in [-0.05, 0) is 42.5 Å². The summed E-state index contributed by atoms with van der Waals surface area (Å²) in [4.78, 5) is 13.8. The predicted octanol–water partition coefficient (Wildman–Crippen LogP) is 3.57. The molecule has 2 heterocycles. The van der Waals surface area contributed by atoms with Crippen molar-refractivity contribution in [3.63, 3.8) is 0 Å². The molecule has 2 aliphatic rings. The van der Waals surface area contributed by atoms with E-state index >= 15 is 0 Å². The van der Waals surface area contributed by atoms with E-state index in [1.165, 1.54) is 9.90 Å². The van der Waals surface area contributed by atoms with E-state index in [1.807, 2.05) is 36.4 Å². The summed E-state index contributed by atoms with van der Waals surface area (Å²) in [6, 6.07) is 13.4. The van der Waals surface area contributed by atoms with Gasteiger partial charge >= 0.3 is 0 Å². The van der Waals surface area contributed by atoms with Crippen molar-refractivity contribution in [1.82, 2.24) is 0 Å². The summed E-state index contributed by atoms with van der Waals surface area (Å²) < 4.78 is 10.5. The number of hydrogen-bond donors (Lipinski definition) is 0. The Morgan fingerprint density at radius 2 is 1.80 bits per heavy atom. The molecule has 0 aliphatic carbocycles. The fourth-order valence-electron chi connectivity index (χ4n) is 3.13. The molecule has 2 aliphatic heterocycles. The third-order valence-electron chi connectivity index (χ3n) is 4.47. The zero-order valence-electron chi connectivity index (χ0n) is 14.1. The van der Waals surface area contributed by atoms with Crippen LogP contribution in [-0.2, 0) is 4.79 Å². The van der Waals surface area contributed by atoms with Crippen molar-refractivity contribution in [3.05, 3.63) is 48.0 Å². The van der Waals surface area contributed by atoms with E-state index < -0.39 is 0 Å². The lowest BCUT2D eigenvalue weighted by Crippen LogP contribution is -2.39. The van der Waals surface area contributed by atoms with Crippen molar-refractivity contribution < 1.29 is 14.3 Å². The van der Waals surface area contributed by atoms with Gasteiger partial charge in [-0.2, -0.15) is 5.10 Å². The Labute approximate surface area is 150 Å². The van der Waals surface area contributed by atoms with Gasteiger partial charge in [-0.15, -0.1) is 11.8 Å². The van der Waals surface area contributed by atoms with Crippen LogP contribution in [0.5, 0.6) is 11.5 Å². The molecule has 0 saturated carbocycles. The van der Waals surface area contributed by atoms with Gasteiger partial charge in [0.25, 0.3) is 0 Å². The highest BCUT2D eigenvalue weighted by Gasteiger charge is 2.35. The van der Waals surface area contributed by atoms with Gasteiger partial charge < -0.3 is 9.47 Å².